The van der Waals surface area contributed by atoms with Gasteiger partial charge >= 0.3 is 0 Å². The summed E-state index contributed by atoms with van der Waals surface area (Å²) in [6.07, 6.45) is 0. The number of aryl methyl sites for hydroxylation is 2. The number of pyridine rings is 1. The van der Waals surface area contributed by atoms with Crippen molar-refractivity contribution in [1.82, 2.24) is 4.98 Å². The lowest BCUT2D eigenvalue weighted by atomic mass is 10.0. The second kappa shape index (κ2) is 4.67. The first-order valence-corrected chi connectivity index (χ1v) is 6.38. The molecule has 0 fully saturated rings. The zero-order valence-corrected chi connectivity index (χ0v) is 11.2. The molecule has 0 N–H and O–H groups in total. The van der Waals surface area contributed by atoms with E-state index in [1.165, 1.54) is 11.6 Å². The standard InChI is InChI=1S/C17H13F2N/c1-10-3-4-12(7-11(10)2)16-6-5-14-15(19)8-13(18)9-17(14)20-16/h3-9H,1-2H3. The molecule has 0 atom stereocenters. The predicted octanol–water partition coefficient (Wildman–Crippen LogP) is 4.80. The van der Waals surface area contributed by atoms with E-state index in [0.29, 0.717) is 16.6 Å². The van der Waals surface area contributed by atoms with Crippen molar-refractivity contribution in [3.63, 3.8) is 0 Å². The fraction of sp³-hybridized carbons (Fsp3) is 0.118. The molecule has 0 bridgehead atoms. The summed E-state index contributed by atoms with van der Waals surface area (Å²) in [5, 5.41) is 0.332. The van der Waals surface area contributed by atoms with Crippen molar-refractivity contribution in [3.05, 3.63) is 65.2 Å². The molecule has 3 aromatic rings. The number of hydrogen-bond donors (Lipinski definition) is 0. The van der Waals surface area contributed by atoms with Crippen molar-refractivity contribution < 1.29 is 8.78 Å². The Kier molecular flexibility index (Phi) is 2.97. The smallest absolute Gasteiger partial charge is 0.135 e. The molecule has 0 aliphatic heterocycles. The van der Waals surface area contributed by atoms with E-state index in [2.05, 4.69) is 4.98 Å². The lowest BCUT2D eigenvalue weighted by Crippen LogP contribution is -1.90. The van der Waals surface area contributed by atoms with Crippen LogP contribution in [0, 0.1) is 25.5 Å². The van der Waals surface area contributed by atoms with E-state index < -0.39 is 11.6 Å². The van der Waals surface area contributed by atoms with Gasteiger partial charge in [-0.2, -0.15) is 0 Å². The van der Waals surface area contributed by atoms with Crippen LogP contribution in [0.5, 0.6) is 0 Å². The zero-order valence-electron chi connectivity index (χ0n) is 11.2. The largest absolute Gasteiger partial charge is 0.248 e. The first kappa shape index (κ1) is 12.7. The van der Waals surface area contributed by atoms with Crippen LogP contribution in [0.15, 0.2) is 42.5 Å². The van der Waals surface area contributed by atoms with Gasteiger partial charge in [0.05, 0.1) is 11.2 Å². The molecule has 3 rings (SSSR count). The minimum atomic E-state index is -0.611. The van der Waals surface area contributed by atoms with Crippen molar-refractivity contribution in [3.8, 4) is 11.3 Å². The Morgan fingerprint density at radius 3 is 2.40 bits per heavy atom. The molecule has 20 heavy (non-hydrogen) atoms. The van der Waals surface area contributed by atoms with Gasteiger partial charge in [0, 0.05) is 23.1 Å². The topological polar surface area (TPSA) is 12.9 Å². The number of nitrogens with zero attached hydrogens (tertiary/aromatic N) is 1. The lowest BCUT2D eigenvalue weighted by Gasteiger charge is -2.07. The minimum Gasteiger partial charge on any atom is -0.248 e. The summed E-state index contributed by atoms with van der Waals surface area (Å²) in [6.45, 7) is 4.07. The molecular formula is C17H13F2N. The highest BCUT2D eigenvalue weighted by atomic mass is 19.1. The quantitative estimate of drug-likeness (QED) is 0.618. The molecule has 0 unspecified atom stereocenters. The van der Waals surface area contributed by atoms with Crippen molar-refractivity contribution >= 4 is 10.9 Å². The van der Waals surface area contributed by atoms with Crippen molar-refractivity contribution in [2.45, 2.75) is 13.8 Å². The first-order chi connectivity index (χ1) is 9.54. The van der Waals surface area contributed by atoms with Gasteiger partial charge in [0.15, 0.2) is 0 Å². The molecule has 0 aliphatic rings. The van der Waals surface area contributed by atoms with Crippen LogP contribution in [-0.4, -0.2) is 4.98 Å². The Labute approximate surface area is 115 Å². The summed E-state index contributed by atoms with van der Waals surface area (Å²) < 4.78 is 26.9. The average molecular weight is 269 g/mol. The van der Waals surface area contributed by atoms with Gasteiger partial charge in [0.25, 0.3) is 0 Å². The second-order valence-corrected chi connectivity index (χ2v) is 4.95. The Balaban J connectivity index is 2.19. The van der Waals surface area contributed by atoms with Gasteiger partial charge in [0.2, 0.25) is 0 Å². The van der Waals surface area contributed by atoms with E-state index in [1.54, 1.807) is 12.1 Å². The fourth-order valence-corrected chi connectivity index (χ4v) is 2.22. The maximum atomic E-state index is 13.6. The molecule has 0 amide bonds. The summed E-state index contributed by atoms with van der Waals surface area (Å²) in [5.74, 6) is -1.20. The molecular weight excluding hydrogens is 256 g/mol. The lowest BCUT2D eigenvalue weighted by molar-refractivity contribution is 0.591. The highest BCUT2D eigenvalue weighted by molar-refractivity contribution is 5.82. The fourth-order valence-electron chi connectivity index (χ4n) is 2.22. The molecule has 100 valence electrons. The van der Waals surface area contributed by atoms with Gasteiger partial charge in [-0.15, -0.1) is 0 Å². The zero-order chi connectivity index (χ0) is 14.3. The number of aromatic nitrogens is 1. The van der Waals surface area contributed by atoms with E-state index in [4.69, 9.17) is 0 Å². The van der Waals surface area contributed by atoms with Gasteiger partial charge in [-0.1, -0.05) is 12.1 Å². The normalized spacial score (nSPS) is 11.0. The molecule has 0 spiro atoms. The van der Waals surface area contributed by atoms with Gasteiger partial charge in [0.1, 0.15) is 11.6 Å². The third-order valence-electron chi connectivity index (χ3n) is 3.52. The molecule has 2 aromatic carbocycles. The van der Waals surface area contributed by atoms with Gasteiger partial charge < -0.3 is 0 Å². The Morgan fingerprint density at radius 2 is 1.65 bits per heavy atom. The number of rotatable bonds is 1. The van der Waals surface area contributed by atoms with Crippen LogP contribution in [0.25, 0.3) is 22.2 Å². The van der Waals surface area contributed by atoms with E-state index in [-0.39, 0.29) is 0 Å². The third kappa shape index (κ3) is 2.16. The summed E-state index contributed by atoms with van der Waals surface area (Å²) in [7, 11) is 0. The summed E-state index contributed by atoms with van der Waals surface area (Å²) in [6, 6.07) is 11.5. The molecule has 1 heterocycles. The number of benzene rings is 2. The van der Waals surface area contributed by atoms with Crippen LogP contribution < -0.4 is 0 Å². The van der Waals surface area contributed by atoms with Gasteiger partial charge in [-0.25, -0.2) is 13.8 Å². The highest BCUT2D eigenvalue weighted by Gasteiger charge is 2.08. The average Bonchev–Trinajstić information content (AvgIpc) is 2.41. The maximum Gasteiger partial charge on any atom is 0.135 e. The van der Waals surface area contributed by atoms with Crippen LogP contribution in [0.3, 0.4) is 0 Å². The molecule has 3 heteroatoms. The van der Waals surface area contributed by atoms with Crippen molar-refractivity contribution in [1.29, 1.82) is 0 Å². The number of halogens is 2. The van der Waals surface area contributed by atoms with E-state index in [9.17, 15) is 8.78 Å². The Bertz CT molecular complexity index is 809. The highest BCUT2D eigenvalue weighted by Crippen LogP contribution is 2.25. The molecule has 0 saturated heterocycles. The molecule has 0 radical (unpaired) electrons. The summed E-state index contributed by atoms with van der Waals surface area (Å²) in [5.41, 5.74) is 4.35. The van der Waals surface area contributed by atoms with Crippen LogP contribution in [0.1, 0.15) is 11.1 Å². The first-order valence-electron chi connectivity index (χ1n) is 6.38. The minimum absolute atomic E-state index is 0.332. The SMILES string of the molecule is Cc1ccc(-c2ccc3c(F)cc(F)cc3n2)cc1C. The maximum absolute atomic E-state index is 13.6. The number of hydrogen-bond acceptors (Lipinski definition) is 1. The Morgan fingerprint density at radius 1 is 0.850 bits per heavy atom. The predicted molar refractivity (Wildman–Crippen MR) is 76.6 cm³/mol. The molecule has 0 aliphatic carbocycles. The second-order valence-electron chi connectivity index (χ2n) is 4.95. The van der Waals surface area contributed by atoms with Crippen molar-refractivity contribution in [2.75, 3.05) is 0 Å². The van der Waals surface area contributed by atoms with Crippen LogP contribution >= 0.6 is 0 Å². The van der Waals surface area contributed by atoms with Crippen LogP contribution in [0.4, 0.5) is 8.78 Å². The summed E-state index contributed by atoms with van der Waals surface area (Å²) in [4.78, 5) is 4.36. The van der Waals surface area contributed by atoms with Crippen molar-refractivity contribution in [2.24, 2.45) is 0 Å². The third-order valence-corrected chi connectivity index (χ3v) is 3.52. The van der Waals surface area contributed by atoms with E-state index in [0.717, 1.165) is 17.2 Å². The molecule has 1 aromatic heterocycles. The van der Waals surface area contributed by atoms with E-state index in [1.807, 2.05) is 32.0 Å². The molecule has 0 saturated carbocycles. The van der Waals surface area contributed by atoms with Crippen LogP contribution in [0.2, 0.25) is 0 Å². The summed E-state index contributed by atoms with van der Waals surface area (Å²) >= 11 is 0. The Hall–Kier alpha value is -2.29. The monoisotopic (exact) mass is 269 g/mol. The van der Waals surface area contributed by atoms with Gasteiger partial charge in [-0.05, 0) is 43.2 Å². The molecule has 1 nitrogen and oxygen atoms in total. The van der Waals surface area contributed by atoms with Crippen LogP contribution in [-0.2, 0) is 0 Å². The number of fused-ring (bicyclic) bond motifs is 1. The van der Waals surface area contributed by atoms with Gasteiger partial charge in [-0.3, -0.25) is 0 Å². The van der Waals surface area contributed by atoms with E-state index >= 15 is 0 Å².